The predicted molar refractivity (Wildman–Crippen MR) is 71.1 cm³/mol. The molecule has 0 unspecified atom stereocenters. The van der Waals surface area contributed by atoms with Crippen LogP contribution in [0.3, 0.4) is 0 Å². The summed E-state index contributed by atoms with van der Waals surface area (Å²) in [6.45, 7) is 0.232. The Morgan fingerprint density at radius 2 is 1.89 bits per heavy atom. The van der Waals surface area contributed by atoms with Gasteiger partial charge >= 0.3 is 6.03 Å². The lowest BCUT2D eigenvalue weighted by atomic mass is 10.3. The van der Waals surface area contributed by atoms with E-state index in [2.05, 4.69) is 10.6 Å². The van der Waals surface area contributed by atoms with Crippen molar-refractivity contribution in [1.29, 1.82) is 0 Å². The van der Waals surface area contributed by atoms with Crippen LogP contribution in [-0.4, -0.2) is 26.7 Å². The maximum atomic E-state index is 11.4. The molecule has 0 atom stereocenters. The predicted octanol–water partition coefficient (Wildman–Crippen LogP) is 1.14. The summed E-state index contributed by atoms with van der Waals surface area (Å²) in [6.07, 6.45) is 0.271. The minimum Gasteiger partial charge on any atom is -0.338 e. The van der Waals surface area contributed by atoms with E-state index in [1.807, 2.05) is 0 Å². The normalized spacial score (nSPS) is 11.0. The van der Waals surface area contributed by atoms with E-state index in [-0.39, 0.29) is 18.7 Å². The van der Waals surface area contributed by atoms with E-state index in [0.717, 1.165) is 0 Å². The molecule has 0 fully saturated rings. The van der Waals surface area contributed by atoms with Crippen LogP contribution in [0.1, 0.15) is 6.42 Å². The van der Waals surface area contributed by atoms with Crippen molar-refractivity contribution in [3.05, 3.63) is 29.3 Å². The molecular formula is C10H14ClN3O3S. The number of nitrogens with two attached hydrogens (primary N) is 1. The number of halogens is 1. The third kappa shape index (κ3) is 6.43. The van der Waals surface area contributed by atoms with Crippen molar-refractivity contribution in [3.8, 4) is 0 Å². The molecule has 18 heavy (non-hydrogen) atoms. The summed E-state index contributed by atoms with van der Waals surface area (Å²) < 4.78 is 21.3. The Labute approximate surface area is 111 Å². The van der Waals surface area contributed by atoms with Crippen molar-refractivity contribution in [2.75, 3.05) is 17.6 Å². The summed E-state index contributed by atoms with van der Waals surface area (Å²) >= 11 is 5.70. The van der Waals surface area contributed by atoms with E-state index in [0.29, 0.717) is 10.7 Å². The van der Waals surface area contributed by atoms with E-state index in [4.69, 9.17) is 16.7 Å². The molecule has 0 aliphatic rings. The van der Waals surface area contributed by atoms with E-state index in [9.17, 15) is 13.2 Å². The molecule has 0 saturated heterocycles. The van der Waals surface area contributed by atoms with Crippen molar-refractivity contribution in [2.45, 2.75) is 6.42 Å². The molecule has 100 valence electrons. The van der Waals surface area contributed by atoms with E-state index < -0.39 is 16.1 Å². The molecule has 0 saturated carbocycles. The maximum Gasteiger partial charge on any atom is 0.319 e. The molecule has 4 N–H and O–H groups in total. The highest BCUT2D eigenvalue weighted by Gasteiger charge is 2.04. The molecule has 0 aromatic heterocycles. The van der Waals surface area contributed by atoms with Crippen LogP contribution in [-0.2, 0) is 10.0 Å². The number of carbonyl (C=O) groups is 1. The van der Waals surface area contributed by atoms with Gasteiger partial charge in [-0.05, 0) is 30.7 Å². The van der Waals surface area contributed by atoms with Crippen LogP contribution < -0.4 is 15.8 Å². The van der Waals surface area contributed by atoms with Crippen LogP contribution in [0.15, 0.2) is 24.3 Å². The monoisotopic (exact) mass is 291 g/mol. The van der Waals surface area contributed by atoms with Crippen molar-refractivity contribution in [2.24, 2.45) is 5.14 Å². The molecule has 0 bridgehead atoms. The van der Waals surface area contributed by atoms with E-state index in [1.165, 1.54) is 0 Å². The fourth-order valence-electron chi connectivity index (χ4n) is 1.18. The van der Waals surface area contributed by atoms with Crippen molar-refractivity contribution >= 4 is 33.3 Å². The lowest BCUT2D eigenvalue weighted by Gasteiger charge is -2.07. The molecule has 0 radical (unpaired) electrons. The van der Waals surface area contributed by atoms with E-state index >= 15 is 0 Å². The molecule has 1 aromatic rings. The highest BCUT2D eigenvalue weighted by Crippen LogP contribution is 2.12. The molecule has 0 aliphatic heterocycles. The van der Waals surface area contributed by atoms with Crippen LogP contribution in [0.5, 0.6) is 0 Å². The van der Waals surface area contributed by atoms with E-state index in [1.54, 1.807) is 24.3 Å². The number of nitrogens with one attached hydrogen (secondary N) is 2. The Bertz CT molecular complexity index is 502. The number of urea groups is 1. The summed E-state index contributed by atoms with van der Waals surface area (Å²) in [6, 6.07) is 6.21. The molecule has 0 spiro atoms. The average molecular weight is 292 g/mol. The lowest BCUT2D eigenvalue weighted by molar-refractivity contribution is 0.252. The number of hydrogen-bond donors (Lipinski definition) is 3. The maximum absolute atomic E-state index is 11.4. The number of sulfonamides is 1. The zero-order chi connectivity index (χ0) is 13.6. The number of carbonyl (C=O) groups excluding carboxylic acids is 1. The molecule has 8 heteroatoms. The van der Waals surface area contributed by atoms with Crippen molar-refractivity contribution in [3.63, 3.8) is 0 Å². The average Bonchev–Trinajstić information content (AvgIpc) is 2.26. The number of benzene rings is 1. The van der Waals surface area contributed by atoms with Crippen LogP contribution in [0.4, 0.5) is 10.5 Å². The molecule has 1 aromatic carbocycles. The van der Waals surface area contributed by atoms with Gasteiger partial charge in [0.1, 0.15) is 0 Å². The first kappa shape index (κ1) is 14.7. The largest absolute Gasteiger partial charge is 0.338 e. The second-order valence-electron chi connectivity index (χ2n) is 3.61. The summed E-state index contributed by atoms with van der Waals surface area (Å²) in [5, 5.41) is 10.5. The van der Waals surface area contributed by atoms with Gasteiger partial charge in [0.15, 0.2) is 0 Å². The third-order valence-corrected chi connectivity index (χ3v) is 3.10. The van der Waals surface area contributed by atoms with Gasteiger partial charge in [-0.3, -0.25) is 0 Å². The summed E-state index contributed by atoms with van der Waals surface area (Å²) in [5.74, 6) is -0.159. The molecular weight excluding hydrogens is 278 g/mol. The van der Waals surface area contributed by atoms with Gasteiger partial charge in [-0.25, -0.2) is 18.4 Å². The van der Waals surface area contributed by atoms with Gasteiger partial charge in [0.05, 0.1) is 5.75 Å². The van der Waals surface area contributed by atoms with Crippen LogP contribution in [0, 0.1) is 0 Å². The molecule has 0 heterocycles. The zero-order valence-corrected chi connectivity index (χ0v) is 11.1. The Hall–Kier alpha value is -1.31. The number of amides is 2. The first-order valence-electron chi connectivity index (χ1n) is 5.18. The number of hydrogen-bond acceptors (Lipinski definition) is 3. The highest BCUT2D eigenvalue weighted by molar-refractivity contribution is 7.89. The number of anilines is 1. The Kier molecular flexibility index (Phi) is 5.39. The minimum absolute atomic E-state index is 0.159. The SMILES string of the molecule is NS(=O)(=O)CCCNC(=O)Nc1ccc(Cl)cc1. The topological polar surface area (TPSA) is 101 Å². The Morgan fingerprint density at radius 1 is 1.28 bits per heavy atom. The van der Waals surface area contributed by atoms with Gasteiger partial charge in [0.2, 0.25) is 10.0 Å². The first-order valence-corrected chi connectivity index (χ1v) is 7.27. The fourth-order valence-corrected chi connectivity index (χ4v) is 1.86. The van der Waals surface area contributed by atoms with Crippen molar-refractivity contribution in [1.82, 2.24) is 5.32 Å². The molecule has 1 rings (SSSR count). The zero-order valence-electron chi connectivity index (χ0n) is 9.52. The lowest BCUT2D eigenvalue weighted by Crippen LogP contribution is -2.31. The molecule has 6 nitrogen and oxygen atoms in total. The van der Waals surface area contributed by atoms with Crippen molar-refractivity contribution < 1.29 is 13.2 Å². The van der Waals surface area contributed by atoms with Gasteiger partial charge in [-0.15, -0.1) is 0 Å². The summed E-state index contributed by atoms with van der Waals surface area (Å²) in [5.41, 5.74) is 0.600. The smallest absolute Gasteiger partial charge is 0.319 e. The Morgan fingerprint density at radius 3 is 2.44 bits per heavy atom. The second-order valence-corrected chi connectivity index (χ2v) is 5.78. The molecule has 0 aliphatic carbocycles. The van der Waals surface area contributed by atoms with Gasteiger partial charge < -0.3 is 10.6 Å². The van der Waals surface area contributed by atoms with Crippen LogP contribution in [0.2, 0.25) is 5.02 Å². The highest BCUT2D eigenvalue weighted by atomic mass is 35.5. The second kappa shape index (κ2) is 6.58. The number of primary sulfonamides is 1. The van der Waals surface area contributed by atoms with Gasteiger partial charge in [0.25, 0.3) is 0 Å². The van der Waals surface area contributed by atoms with Crippen LogP contribution >= 0.6 is 11.6 Å². The third-order valence-electron chi connectivity index (χ3n) is 1.99. The Balaban J connectivity index is 2.28. The van der Waals surface area contributed by atoms with Gasteiger partial charge in [0, 0.05) is 17.3 Å². The summed E-state index contributed by atoms with van der Waals surface area (Å²) in [4.78, 5) is 11.4. The number of rotatable bonds is 5. The first-order chi connectivity index (χ1) is 8.37. The summed E-state index contributed by atoms with van der Waals surface area (Å²) in [7, 11) is -3.47. The van der Waals surface area contributed by atoms with Gasteiger partial charge in [-0.2, -0.15) is 0 Å². The van der Waals surface area contributed by atoms with Gasteiger partial charge in [-0.1, -0.05) is 11.6 Å². The minimum atomic E-state index is -3.47. The standard InChI is InChI=1S/C10H14ClN3O3S/c11-8-2-4-9(5-3-8)14-10(15)13-6-1-7-18(12,16)17/h2-5H,1,6-7H2,(H2,12,16,17)(H2,13,14,15). The fraction of sp³-hybridized carbons (Fsp3) is 0.300. The van der Waals surface area contributed by atoms with Crippen LogP contribution in [0.25, 0.3) is 0 Å². The quantitative estimate of drug-likeness (QED) is 0.709. The molecule has 2 amide bonds.